The molecule has 1 aliphatic carbocycles. The number of benzene rings is 2. The Morgan fingerprint density at radius 2 is 1.48 bits per heavy atom. The van der Waals surface area contributed by atoms with E-state index in [0.717, 1.165) is 5.69 Å². The van der Waals surface area contributed by atoms with E-state index >= 15 is 0 Å². The number of rotatable bonds is 3. The minimum atomic E-state index is 0.222. The van der Waals surface area contributed by atoms with E-state index in [0.29, 0.717) is 6.54 Å². The van der Waals surface area contributed by atoms with Crippen LogP contribution in [0.3, 0.4) is 0 Å². The summed E-state index contributed by atoms with van der Waals surface area (Å²) in [4.78, 5) is 0. The van der Waals surface area contributed by atoms with Gasteiger partial charge in [0.2, 0.25) is 0 Å². The van der Waals surface area contributed by atoms with E-state index in [2.05, 4.69) is 64.0 Å². The average Bonchev–Trinajstić information content (AvgIpc) is 2.88. The fourth-order valence-corrected chi connectivity index (χ4v) is 3.01. The molecule has 0 unspecified atom stereocenters. The lowest BCUT2D eigenvalue weighted by Gasteiger charge is -2.15. The molecule has 3 heteroatoms. The Hall–Kier alpha value is -2.52. The number of aromatic nitrogens is 2. The number of nitrogens with zero attached hydrogens (tertiary/aromatic N) is 2. The second kappa shape index (κ2) is 5.11. The van der Waals surface area contributed by atoms with Crippen LogP contribution >= 0.6 is 0 Å². The molecule has 102 valence electrons. The molecule has 0 atom stereocenters. The normalized spacial score (nSPS) is 13.0. The first-order valence-electron chi connectivity index (χ1n) is 7.11. The molecular weight excluding hydrogens is 258 g/mol. The van der Waals surface area contributed by atoms with Crippen LogP contribution in [0.4, 0.5) is 0 Å². The van der Waals surface area contributed by atoms with Crippen LogP contribution in [0.15, 0.2) is 66.9 Å². The summed E-state index contributed by atoms with van der Waals surface area (Å²) in [6.45, 7) is 0.709. The molecule has 0 spiro atoms. The summed E-state index contributed by atoms with van der Waals surface area (Å²) in [5.74, 6) is 0. The van der Waals surface area contributed by atoms with E-state index in [1.54, 1.807) is 6.20 Å². The minimum absolute atomic E-state index is 0.222. The molecule has 0 aliphatic heterocycles. The second-order valence-electron chi connectivity index (χ2n) is 5.20. The molecule has 1 N–H and O–H groups in total. The predicted octanol–water partition coefficient (Wildman–Crippen LogP) is 3.34. The highest BCUT2D eigenvalue weighted by Gasteiger charge is 2.27. The highest BCUT2D eigenvalue weighted by atomic mass is 15.1. The summed E-state index contributed by atoms with van der Waals surface area (Å²) >= 11 is 0. The van der Waals surface area contributed by atoms with Crippen molar-refractivity contribution in [3.05, 3.63) is 83.7 Å². The van der Waals surface area contributed by atoms with Gasteiger partial charge in [0.05, 0.1) is 11.7 Å². The fraction of sp³-hybridized carbons (Fsp3) is 0.111. The smallest absolute Gasteiger partial charge is 0.0769 e. The minimum Gasteiger partial charge on any atom is -0.300 e. The molecule has 0 amide bonds. The zero-order valence-electron chi connectivity index (χ0n) is 11.5. The lowest BCUT2D eigenvalue weighted by Crippen LogP contribution is -2.20. The summed E-state index contributed by atoms with van der Waals surface area (Å²) in [7, 11) is 0. The second-order valence-corrected chi connectivity index (χ2v) is 5.20. The van der Waals surface area contributed by atoms with E-state index in [4.69, 9.17) is 0 Å². The maximum Gasteiger partial charge on any atom is 0.0769 e. The standard InChI is InChI=1S/C18H15N3/c1-3-9-16-14(7-1)15-8-2-4-10-17(15)18(16)19-12-13-6-5-11-20-21-13/h1-11,18-19H,12H2. The third kappa shape index (κ3) is 2.12. The van der Waals surface area contributed by atoms with E-state index in [1.165, 1.54) is 22.3 Å². The van der Waals surface area contributed by atoms with E-state index in [9.17, 15) is 0 Å². The van der Waals surface area contributed by atoms with Gasteiger partial charge < -0.3 is 5.32 Å². The third-order valence-electron chi connectivity index (χ3n) is 3.95. The number of fused-ring (bicyclic) bond motifs is 3. The van der Waals surface area contributed by atoms with Crippen LogP contribution in [0.5, 0.6) is 0 Å². The fourth-order valence-electron chi connectivity index (χ4n) is 3.01. The van der Waals surface area contributed by atoms with Crippen molar-refractivity contribution in [2.45, 2.75) is 12.6 Å². The van der Waals surface area contributed by atoms with Crippen molar-refractivity contribution in [3.8, 4) is 11.1 Å². The average molecular weight is 273 g/mol. The van der Waals surface area contributed by atoms with Gasteiger partial charge in [-0.15, -0.1) is 0 Å². The zero-order chi connectivity index (χ0) is 14.1. The molecule has 21 heavy (non-hydrogen) atoms. The monoisotopic (exact) mass is 273 g/mol. The van der Waals surface area contributed by atoms with Crippen molar-refractivity contribution in [1.29, 1.82) is 0 Å². The van der Waals surface area contributed by atoms with E-state index in [1.807, 2.05) is 12.1 Å². The molecule has 1 aliphatic rings. The molecule has 3 aromatic rings. The van der Waals surface area contributed by atoms with Crippen molar-refractivity contribution in [2.24, 2.45) is 0 Å². The number of nitrogens with one attached hydrogen (secondary N) is 1. The highest BCUT2D eigenvalue weighted by molar-refractivity contribution is 5.78. The maximum absolute atomic E-state index is 4.14. The molecule has 0 bridgehead atoms. The first-order valence-corrected chi connectivity index (χ1v) is 7.11. The topological polar surface area (TPSA) is 37.8 Å². The maximum atomic E-state index is 4.14. The van der Waals surface area contributed by atoms with Crippen LogP contribution in [0, 0.1) is 0 Å². The van der Waals surface area contributed by atoms with Gasteiger partial charge in [0.25, 0.3) is 0 Å². The molecule has 3 nitrogen and oxygen atoms in total. The molecule has 2 aromatic carbocycles. The molecule has 0 saturated carbocycles. The van der Waals surface area contributed by atoms with E-state index in [-0.39, 0.29) is 6.04 Å². The summed E-state index contributed by atoms with van der Waals surface area (Å²) < 4.78 is 0. The molecule has 0 saturated heterocycles. The van der Waals surface area contributed by atoms with Gasteiger partial charge in [-0.2, -0.15) is 10.2 Å². The van der Waals surface area contributed by atoms with Crippen molar-refractivity contribution >= 4 is 0 Å². The van der Waals surface area contributed by atoms with Gasteiger partial charge in [-0.1, -0.05) is 48.5 Å². The third-order valence-corrected chi connectivity index (χ3v) is 3.95. The summed E-state index contributed by atoms with van der Waals surface area (Å²) in [6, 6.07) is 21.3. The van der Waals surface area contributed by atoms with Gasteiger partial charge in [-0.25, -0.2) is 0 Å². The first kappa shape index (κ1) is 12.2. The van der Waals surface area contributed by atoms with Crippen LogP contribution in [-0.2, 0) is 6.54 Å². The van der Waals surface area contributed by atoms with Gasteiger partial charge in [0, 0.05) is 12.7 Å². The molecule has 0 radical (unpaired) electrons. The van der Waals surface area contributed by atoms with Gasteiger partial charge in [-0.05, 0) is 34.4 Å². The Kier molecular flexibility index (Phi) is 2.98. The quantitative estimate of drug-likeness (QED) is 0.795. The molecule has 4 rings (SSSR count). The SMILES string of the molecule is c1cnnc(CNC2c3ccccc3-c3ccccc32)c1. The van der Waals surface area contributed by atoms with Crippen LogP contribution in [0.25, 0.3) is 11.1 Å². The molecule has 0 fully saturated rings. The summed E-state index contributed by atoms with van der Waals surface area (Å²) in [6.07, 6.45) is 1.70. The van der Waals surface area contributed by atoms with Crippen LogP contribution in [-0.4, -0.2) is 10.2 Å². The van der Waals surface area contributed by atoms with Crippen molar-refractivity contribution < 1.29 is 0 Å². The van der Waals surface area contributed by atoms with Crippen molar-refractivity contribution in [3.63, 3.8) is 0 Å². The van der Waals surface area contributed by atoms with Crippen molar-refractivity contribution in [2.75, 3.05) is 0 Å². The first-order chi connectivity index (χ1) is 10.4. The Morgan fingerprint density at radius 1 is 0.810 bits per heavy atom. The van der Waals surface area contributed by atoms with Gasteiger partial charge >= 0.3 is 0 Å². The Balaban J connectivity index is 1.69. The van der Waals surface area contributed by atoms with Crippen molar-refractivity contribution in [1.82, 2.24) is 15.5 Å². The van der Waals surface area contributed by atoms with Gasteiger partial charge in [0.1, 0.15) is 0 Å². The largest absolute Gasteiger partial charge is 0.300 e. The summed E-state index contributed by atoms with van der Waals surface area (Å²) in [5, 5.41) is 11.7. The van der Waals surface area contributed by atoms with Gasteiger partial charge in [0.15, 0.2) is 0 Å². The number of hydrogen-bond donors (Lipinski definition) is 1. The molecular formula is C18H15N3. The highest BCUT2D eigenvalue weighted by Crippen LogP contribution is 2.42. The molecule has 1 aromatic heterocycles. The Labute approximate surface area is 123 Å². The summed E-state index contributed by atoms with van der Waals surface area (Å²) in [5.41, 5.74) is 6.28. The molecule has 1 heterocycles. The van der Waals surface area contributed by atoms with Crippen LogP contribution in [0.2, 0.25) is 0 Å². The Bertz CT molecular complexity index is 723. The number of hydrogen-bond acceptors (Lipinski definition) is 3. The lowest BCUT2D eigenvalue weighted by atomic mass is 10.1. The Morgan fingerprint density at radius 3 is 2.10 bits per heavy atom. The van der Waals surface area contributed by atoms with E-state index < -0.39 is 0 Å². The van der Waals surface area contributed by atoms with Crippen LogP contribution in [0.1, 0.15) is 22.9 Å². The van der Waals surface area contributed by atoms with Crippen LogP contribution < -0.4 is 5.32 Å². The van der Waals surface area contributed by atoms with Gasteiger partial charge in [-0.3, -0.25) is 0 Å². The zero-order valence-corrected chi connectivity index (χ0v) is 11.5. The predicted molar refractivity (Wildman–Crippen MR) is 82.6 cm³/mol. The lowest BCUT2D eigenvalue weighted by molar-refractivity contribution is 0.601.